The number of benzene rings is 1. The van der Waals surface area contributed by atoms with Crippen molar-refractivity contribution in [1.29, 1.82) is 0 Å². The molecule has 2 atom stereocenters. The summed E-state index contributed by atoms with van der Waals surface area (Å²) in [4.78, 5) is 32.2. The minimum absolute atomic E-state index is 0.0689. The summed E-state index contributed by atoms with van der Waals surface area (Å²) in [7, 11) is 3.96. The molecule has 2 fully saturated rings. The maximum atomic E-state index is 13.1. The van der Waals surface area contributed by atoms with E-state index < -0.39 is 0 Å². The molecule has 0 spiro atoms. The predicted molar refractivity (Wildman–Crippen MR) is 131 cm³/mol. The first kappa shape index (κ1) is 24.5. The van der Waals surface area contributed by atoms with Crippen LogP contribution in [0.2, 0.25) is 5.02 Å². The summed E-state index contributed by atoms with van der Waals surface area (Å²) in [6.45, 7) is 4.41. The summed E-state index contributed by atoms with van der Waals surface area (Å²) in [5.41, 5.74) is 1.04. The Bertz CT molecular complexity index is 988. The first-order valence-electron chi connectivity index (χ1n) is 12.0. The monoisotopic (exact) mass is 487 g/mol. The Hall–Kier alpha value is -2.58. The van der Waals surface area contributed by atoms with Gasteiger partial charge in [-0.2, -0.15) is 5.10 Å². The number of aromatic nitrogens is 2. The molecule has 34 heavy (non-hydrogen) atoms. The van der Waals surface area contributed by atoms with Crippen LogP contribution in [0.5, 0.6) is 5.75 Å². The van der Waals surface area contributed by atoms with Gasteiger partial charge in [0.2, 0.25) is 11.8 Å². The largest absolute Gasteiger partial charge is 0.490 e. The Kier molecular flexibility index (Phi) is 8.11. The standard InChI is InChI=1S/C25H34ClN5O3/c1-28-12-14-30(15-13-28)25(33)16-19-18-31(24(32)7-6-21-8-10-27-29(21)2)11-9-23(19)34-22-5-3-4-20(26)17-22/h3-5,8,10,17,19,23H,6-7,9,11-16,18H2,1-2H3/t19-,23-/m0/s1. The van der Waals surface area contributed by atoms with Crippen molar-refractivity contribution in [3.8, 4) is 5.75 Å². The second-order valence-electron chi connectivity index (χ2n) is 9.34. The van der Waals surface area contributed by atoms with Crippen molar-refractivity contribution in [3.05, 3.63) is 47.2 Å². The number of carbonyl (C=O) groups is 2. The number of nitrogens with zero attached hydrogens (tertiary/aromatic N) is 5. The summed E-state index contributed by atoms with van der Waals surface area (Å²) in [6.07, 6.45) is 3.75. The highest BCUT2D eigenvalue weighted by Crippen LogP contribution is 2.28. The zero-order chi connectivity index (χ0) is 24.1. The fraction of sp³-hybridized carbons (Fsp3) is 0.560. The third-order valence-electron chi connectivity index (χ3n) is 6.91. The van der Waals surface area contributed by atoms with Gasteiger partial charge < -0.3 is 19.4 Å². The molecule has 2 aromatic rings. The van der Waals surface area contributed by atoms with Crippen LogP contribution < -0.4 is 4.74 Å². The number of rotatable bonds is 7. The van der Waals surface area contributed by atoms with Gasteiger partial charge in [0.15, 0.2) is 0 Å². The van der Waals surface area contributed by atoms with Gasteiger partial charge in [0.25, 0.3) is 0 Å². The van der Waals surface area contributed by atoms with Crippen molar-refractivity contribution in [1.82, 2.24) is 24.5 Å². The summed E-state index contributed by atoms with van der Waals surface area (Å²) in [5.74, 6) is 0.882. The molecule has 0 aliphatic carbocycles. The highest BCUT2D eigenvalue weighted by atomic mass is 35.5. The van der Waals surface area contributed by atoms with E-state index in [9.17, 15) is 9.59 Å². The van der Waals surface area contributed by atoms with Crippen molar-refractivity contribution in [2.24, 2.45) is 13.0 Å². The Labute approximate surface area is 206 Å². The first-order valence-corrected chi connectivity index (χ1v) is 12.4. The molecule has 1 aromatic carbocycles. The van der Waals surface area contributed by atoms with Gasteiger partial charge in [-0.05, 0) is 37.7 Å². The molecule has 1 aromatic heterocycles. The van der Waals surface area contributed by atoms with E-state index in [-0.39, 0.29) is 23.8 Å². The molecular weight excluding hydrogens is 454 g/mol. The van der Waals surface area contributed by atoms with Crippen LogP contribution in [-0.2, 0) is 23.1 Å². The van der Waals surface area contributed by atoms with E-state index in [0.29, 0.717) is 49.5 Å². The number of aryl methyl sites for hydroxylation is 2. The van der Waals surface area contributed by atoms with Crippen molar-refractivity contribution in [2.45, 2.75) is 31.8 Å². The van der Waals surface area contributed by atoms with Gasteiger partial charge in [-0.25, -0.2) is 0 Å². The van der Waals surface area contributed by atoms with E-state index in [0.717, 1.165) is 31.9 Å². The molecule has 9 heteroatoms. The van der Waals surface area contributed by atoms with Crippen LogP contribution in [0.15, 0.2) is 36.5 Å². The maximum absolute atomic E-state index is 13.1. The summed E-state index contributed by atoms with van der Waals surface area (Å²) >= 11 is 6.15. The predicted octanol–water partition coefficient (Wildman–Crippen LogP) is 2.47. The van der Waals surface area contributed by atoms with Crippen molar-refractivity contribution < 1.29 is 14.3 Å². The highest BCUT2D eigenvalue weighted by molar-refractivity contribution is 6.30. The Balaban J connectivity index is 1.41. The van der Waals surface area contributed by atoms with E-state index in [2.05, 4.69) is 17.0 Å². The number of piperazine rings is 1. The number of likely N-dealkylation sites (tertiary alicyclic amines) is 1. The summed E-state index contributed by atoms with van der Waals surface area (Å²) in [5, 5.41) is 4.79. The molecule has 4 rings (SSSR count). The van der Waals surface area contributed by atoms with E-state index in [1.165, 1.54) is 0 Å². The van der Waals surface area contributed by atoms with Gasteiger partial charge in [-0.1, -0.05) is 17.7 Å². The van der Waals surface area contributed by atoms with Gasteiger partial charge in [0, 0.05) is 88.4 Å². The van der Waals surface area contributed by atoms with E-state index in [1.807, 2.05) is 41.1 Å². The molecule has 2 aliphatic heterocycles. The SMILES string of the molecule is CN1CCN(C(=O)C[C@H]2CN(C(=O)CCc3ccnn3C)CC[C@@H]2Oc2cccc(Cl)c2)CC1. The van der Waals surface area contributed by atoms with Gasteiger partial charge in [0.1, 0.15) is 11.9 Å². The maximum Gasteiger partial charge on any atom is 0.223 e. The summed E-state index contributed by atoms with van der Waals surface area (Å²) in [6, 6.07) is 9.30. The lowest BCUT2D eigenvalue weighted by Gasteiger charge is -2.40. The minimum Gasteiger partial charge on any atom is -0.490 e. The normalized spacial score (nSPS) is 21.5. The second-order valence-corrected chi connectivity index (χ2v) is 9.77. The van der Waals surface area contributed by atoms with Gasteiger partial charge in [-0.3, -0.25) is 14.3 Å². The van der Waals surface area contributed by atoms with Crippen molar-refractivity contribution in [2.75, 3.05) is 46.3 Å². The van der Waals surface area contributed by atoms with E-state index in [4.69, 9.17) is 16.3 Å². The average molecular weight is 488 g/mol. The van der Waals surface area contributed by atoms with Crippen LogP contribution in [0.4, 0.5) is 0 Å². The van der Waals surface area contributed by atoms with Crippen LogP contribution in [0, 0.1) is 5.92 Å². The number of hydrogen-bond donors (Lipinski definition) is 0. The van der Waals surface area contributed by atoms with Crippen LogP contribution in [0.3, 0.4) is 0 Å². The third-order valence-corrected chi connectivity index (χ3v) is 7.15. The Morgan fingerprint density at radius 1 is 1.06 bits per heavy atom. The second kappa shape index (κ2) is 11.2. The lowest BCUT2D eigenvalue weighted by atomic mass is 9.90. The Morgan fingerprint density at radius 3 is 2.56 bits per heavy atom. The molecule has 0 saturated carbocycles. The quantitative estimate of drug-likeness (QED) is 0.600. The number of halogens is 1. The first-order chi connectivity index (χ1) is 16.4. The van der Waals surface area contributed by atoms with Crippen LogP contribution in [0.25, 0.3) is 0 Å². The number of piperidine rings is 1. The average Bonchev–Trinajstić information content (AvgIpc) is 3.23. The molecule has 0 radical (unpaired) electrons. The van der Waals surface area contributed by atoms with E-state index >= 15 is 0 Å². The molecule has 2 aliphatic rings. The Morgan fingerprint density at radius 2 is 1.85 bits per heavy atom. The topological polar surface area (TPSA) is 70.9 Å². The molecule has 2 amide bonds. The number of ether oxygens (including phenoxy) is 1. The number of carbonyl (C=O) groups excluding carboxylic acids is 2. The molecule has 2 saturated heterocycles. The molecule has 0 unspecified atom stereocenters. The minimum atomic E-state index is -0.143. The number of hydrogen-bond acceptors (Lipinski definition) is 5. The molecule has 184 valence electrons. The molecule has 0 N–H and O–H groups in total. The zero-order valence-corrected chi connectivity index (χ0v) is 20.8. The lowest BCUT2D eigenvalue weighted by Crippen LogP contribution is -2.51. The fourth-order valence-corrected chi connectivity index (χ4v) is 4.93. The molecular formula is C25H34ClN5O3. The molecule has 0 bridgehead atoms. The molecule has 3 heterocycles. The van der Waals surface area contributed by atoms with Crippen LogP contribution >= 0.6 is 11.6 Å². The van der Waals surface area contributed by atoms with Gasteiger partial charge in [-0.15, -0.1) is 0 Å². The fourth-order valence-electron chi connectivity index (χ4n) is 4.75. The highest BCUT2D eigenvalue weighted by Gasteiger charge is 2.35. The van der Waals surface area contributed by atoms with Gasteiger partial charge in [0.05, 0.1) is 0 Å². The van der Waals surface area contributed by atoms with Crippen LogP contribution in [0.1, 0.15) is 25.0 Å². The number of amides is 2. The molecule has 8 nitrogen and oxygen atoms in total. The number of likely N-dealkylation sites (N-methyl/N-ethyl adjacent to an activating group) is 1. The van der Waals surface area contributed by atoms with Crippen molar-refractivity contribution >= 4 is 23.4 Å². The van der Waals surface area contributed by atoms with E-state index in [1.54, 1.807) is 16.9 Å². The summed E-state index contributed by atoms with van der Waals surface area (Å²) < 4.78 is 8.11. The lowest BCUT2D eigenvalue weighted by molar-refractivity contribution is -0.140. The smallest absolute Gasteiger partial charge is 0.223 e. The van der Waals surface area contributed by atoms with Gasteiger partial charge >= 0.3 is 0 Å². The third kappa shape index (κ3) is 6.30. The zero-order valence-electron chi connectivity index (χ0n) is 20.0. The van der Waals surface area contributed by atoms with Crippen LogP contribution in [-0.4, -0.2) is 88.7 Å². The van der Waals surface area contributed by atoms with Crippen molar-refractivity contribution in [3.63, 3.8) is 0 Å².